The molecule has 5 aromatic rings. The molecule has 2 aromatic heterocycles. The Kier molecular flexibility index (Phi) is 8.00. The van der Waals surface area contributed by atoms with Gasteiger partial charge in [0, 0.05) is 28.7 Å². The number of hydrogen-bond donors (Lipinski definition) is 3. The van der Waals surface area contributed by atoms with Crippen LogP contribution in [0.25, 0.3) is 22.4 Å². The van der Waals surface area contributed by atoms with Crippen LogP contribution in [0.15, 0.2) is 65.1 Å². The van der Waals surface area contributed by atoms with Crippen molar-refractivity contribution >= 4 is 22.9 Å². The molecule has 10 nitrogen and oxygen atoms in total. The van der Waals surface area contributed by atoms with Crippen molar-refractivity contribution in [1.29, 1.82) is 0 Å². The number of amides is 2. The molecule has 4 N–H and O–H groups in total. The van der Waals surface area contributed by atoms with Crippen molar-refractivity contribution in [3.05, 3.63) is 106 Å². The highest BCUT2D eigenvalue weighted by Gasteiger charge is 2.47. The highest BCUT2D eigenvalue weighted by molar-refractivity contribution is 5.99. The van der Waals surface area contributed by atoms with Crippen molar-refractivity contribution in [2.45, 2.75) is 42.9 Å². The van der Waals surface area contributed by atoms with E-state index in [1.54, 1.807) is 18.2 Å². The van der Waals surface area contributed by atoms with Gasteiger partial charge in [0.25, 0.3) is 5.91 Å². The van der Waals surface area contributed by atoms with E-state index in [0.29, 0.717) is 17.0 Å². The third-order valence-electron chi connectivity index (χ3n) is 9.30. The summed E-state index contributed by atoms with van der Waals surface area (Å²) in [5, 5.41) is 15.2. The minimum Gasteiger partial charge on any atom is -0.494 e. The van der Waals surface area contributed by atoms with Gasteiger partial charge in [-0.1, -0.05) is 30.3 Å². The van der Waals surface area contributed by atoms with Gasteiger partial charge in [-0.15, -0.1) is 0 Å². The summed E-state index contributed by atoms with van der Waals surface area (Å²) in [6, 6.07) is 12.4. The summed E-state index contributed by atoms with van der Waals surface area (Å²) in [6.45, 7) is 0.431. The summed E-state index contributed by atoms with van der Waals surface area (Å²) in [6.07, 6.45) is -3.34. The number of benzene rings is 3. The molecule has 1 fully saturated rings. The average Bonchev–Trinajstić information content (AvgIpc) is 3.76. The molecule has 0 saturated heterocycles. The van der Waals surface area contributed by atoms with Crippen LogP contribution in [0.4, 0.5) is 22.0 Å². The van der Waals surface area contributed by atoms with E-state index in [1.807, 2.05) is 0 Å². The molecule has 3 heterocycles. The minimum absolute atomic E-state index is 0.0139. The zero-order valence-electron chi connectivity index (χ0n) is 27.0. The standard InChI is InChI=1S/C36H29F5N4O6/c1-34(33(42)47)16-50-30-22(34)13-27(44-28(30)20-12-21(36(39,40)41)24(38)14-23(20)37)35(48,19-6-4-3-5-7-19)15-43-31(46)18-10-25(49-2)29-26(11-18)51-32(45-29)17-8-9-17/h3-7,10-14,17,48H,8-9,15-16H2,1-2H3,(H2,42,47)(H,43,46)/t34-,35+/m0/s1. The van der Waals surface area contributed by atoms with E-state index >= 15 is 4.39 Å². The second-order valence-electron chi connectivity index (χ2n) is 12.8. The smallest absolute Gasteiger partial charge is 0.419 e. The van der Waals surface area contributed by atoms with E-state index in [0.717, 1.165) is 12.8 Å². The lowest BCUT2D eigenvalue weighted by atomic mass is 9.80. The van der Waals surface area contributed by atoms with Crippen molar-refractivity contribution in [1.82, 2.24) is 15.3 Å². The van der Waals surface area contributed by atoms with Crippen LogP contribution in [0.3, 0.4) is 0 Å². The number of nitrogens with one attached hydrogen (secondary N) is 1. The number of aromatic nitrogens is 2. The highest BCUT2D eigenvalue weighted by atomic mass is 19.4. The molecule has 51 heavy (non-hydrogen) atoms. The van der Waals surface area contributed by atoms with Gasteiger partial charge in [0.2, 0.25) is 5.91 Å². The normalized spacial score (nSPS) is 18.2. The minimum atomic E-state index is -5.21. The number of fused-ring (bicyclic) bond motifs is 2. The Morgan fingerprint density at radius 1 is 1.06 bits per heavy atom. The molecule has 15 heteroatoms. The molecule has 0 spiro atoms. The number of ether oxygens (including phenoxy) is 2. The number of carbonyl (C=O) groups is 2. The van der Waals surface area contributed by atoms with E-state index < -0.39 is 64.0 Å². The van der Waals surface area contributed by atoms with Crippen LogP contribution in [-0.2, 0) is 22.0 Å². The van der Waals surface area contributed by atoms with Crippen LogP contribution in [0, 0.1) is 11.6 Å². The summed E-state index contributed by atoms with van der Waals surface area (Å²) in [5.74, 6) is -4.12. The lowest BCUT2D eigenvalue weighted by Gasteiger charge is -2.30. The molecule has 2 atom stereocenters. The lowest BCUT2D eigenvalue weighted by molar-refractivity contribution is -0.140. The fourth-order valence-electron chi connectivity index (χ4n) is 6.10. The van der Waals surface area contributed by atoms with Crippen LogP contribution >= 0.6 is 0 Å². The zero-order chi connectivity index (χ0) is 36.5. The first kappa shape index (κ1) is 33.9. The number of primary amides is 1. The number of methoxy groups -OCH3 is 1. The van der Waals surface area contributed by atoms with Crippen LogP contribution in [0.1, 0.15) is 64.3 Å². The molecule has 264 valence electrons. The molecular formula is C36H29F5N4O6. The van der Waals surface area contributed by atoms with Gasteiger partial charge in [-0.2, -0.15) is 13.2 Å². The number of pyridine rings is 1. The van der Waals surface area contributed by atoms with Gasteiger partial charge in [-0.25, -0.2) is 18.7 Å². The summed E-state index contributed by atoms with van der Waals surface area (Å²) < 4.78 is 88.2. The Morgan fingerprint density at radius 3 is 2.43 bits per heavy atom. The molecule has 0 bridgehead atoms. The van der Waals surface area contributed by atoms with E-state index in [4.69, 9.17) is 19.6 Å². The third kappa shape index (κ3) is 5.80. The van der Waals surface area contributed by atoms with Gasteiger partial charge in [0.1, 0.15) is 46.5 Å². The number of nitrogens with two attached hydrogens (primary N) is 1. The monoisotopic (exact) mass is 708 g/mol. The van der Waals surface area contributed by atoms with Crippen molar-refractivity contribution in [3.63, 3.8) is 0 Å². The first-order valence-corrected chi connectivity index (χ1v) is 15.7. The van der Waals surface area contributed by atoms with E-state index in [9.17, 15) is 32.3 Å². The van der Waals surface area contributed by atoms with Gasteiger partial charge in [-0.05, 0) is 49.6 Å². The molecule has 1 saturated carbocycles. The molecular weight excluding hydrogens is 679 g/mol. The quantitative estimate of drug-likeness (QED) is 0.161. The summed E-state index contributed by atoms with van der Waals surface area (Å²) >= 11 is 0. The van der Waals surface area contributed by atoms with Crippen LogP contribution in [0.2, 0.25) is 0 Å². The fourth-order valence-corrected chi connectivity index (χ4v) is 6.10. The van der Waals surface area contributed by atoms with Gasteiger partial charge in [-0.3, -0.25) is 9.59 Å². The first-order valence-electron chi connectivity index (χ1n) is 15.7. The Morgan fingerprint density at radius 2 is 1.78 bits per heavy atom. The Labute approximate surface area is 286 Å². The Bertz CT molecular complexity index is 2220. The van der Waals surface area contributed by atoms with E-state index in [2.05, 4.69) is 15.3 Å². The number of halogens is 5. The van der Waals surface area contributed by atoms with E-state index in [-0.39, 0.29) is 58.5 Å². The molecule has 0 unspecified atom stereocenters. The largest absolute Gasteiger partial charge is 0.494 e. The predicted molar refractivity (Wildman–Crippen MR) is 171 cm³/mol. The topological polar surface area (TPSA) is 150 Å². The SMILES string of the molecule is COc1cc(C(=O)NC[C@@](O)(c2ccccc2)c2cc3c(c(-c4cc(C(F)(F)F)c(F)cc4F)n2)OC[C@]3(C)C(N)=O)cc2oc(C3CC3)nc12. The van der Waals surface area contributed by atoms with Crippen molar-refractivity contribution in [2.75, 3.05) is 20.3 Å². The first-order chi connectivity index (χ1) is 24.1. The predicted octanol–water partition coefficient (Wildman–Crippen LogP) is 5.87. The Hall–Kier alpha value is -5.57. The van der Waals surface area contributed by atoms with Gasteiger partial charge in [0.15, 0.2) is 17.0 Å². The maximum atomic E-state index is 15.4. The van der Waals surface area contributed by atoms with Crippen LogP contribution in [-0.4, -0.2) is 47.2 Å². The van der Waals surface area contributed by atoms with Gasteiger partial charge >= 0.3 is 6.18 Å². The highest BCUT2D eigenvalue weighted by Crippen LogP contribution is 2.48. The summed E-state index contributed by atoms with van der Waals surface area (Å²) in [5.41, 5.74) is -0.582. The second-order valence-corrected chi connectivity index (χ2v) is 12.8. The summed E-state index contributed by atoms with van der Waals surface area (Å²) in [7, 11) is 1.42. The maximum Gasteiger partial charge on any atom is 0.419 e. The lowest BCUT2D eigenvalue weighted by Crippen LogP contribution is -2.43. The average molecular weight is 709 g/mol. The van der Waals surface area contributed by atoms with Crippen LogP contribution in [0.5, 0.6) is 11.5 Å². The van der Waals surface area contributed by atoms with Crippen LogP contribution < -0.4 is 20.5 Å². The maximum absolute atomic E-state index is 15.4. The van der Waals surface area contributed by atoms with Crippen molar-refractivity contribution < 1.29 is 50.5 Å². The fraction of sp³-hybridized carbons (Fsp3) is 0.278. The molecule has 1 aliphatic carbocycles. The summed E-state index contributed by atoms with van der Waals surface area (Å²) in [4.78, 5) is 35.3. The molecule has 7 rings (SSSR count). The molecule has 2 amide bonds. The van der Waals surface area contributed by atoms with Crippen molar-refractivity contribution in [2.24, 2.45) is 5.73 Å². The number of carbonyl (C=O) groups excluding carboxylic acids is 2. The van der Waals surface area contributed by atoms with E-state index in [1.165, 1.54) is 44.4 Å². The zero-order valence-corrected chi connectivity index (χ0v) is 27.0. The molecule has 2 aliphatic rings. The Balaban J connectivity index is 1.36. The third-order valence-corrected chi connectivity index (χ3v) is 9.30. The number of rotatable bonds is 9. The number of aliphatic hydroxyl groups is 1. The second kappa shape index (κ2) is 12.0. The number of nitrogens with zero attached hydrogens (tertiary/aromatic N) is 2. The van der Waals surface area contributed by atoms with Gasteiger partial charge < -0.3 is 30.0 Å². The number of alkyl halides is 3. The number of oxazole rings is 1. The van der Waals surface area contributed by atoms with Gasteiger partial charge in [0.05, 0.1) is 24.9 Å². The van der Waals surface area contributed by atoms with Crippen molar-refractivity contribution in [3.8, 4) is 22.8 Å². The number of hydrogen-bond acceptors (Lipinski definition) is 8. The molecule has 1 aliphatic heterocycles. The molecule has 0 radical (unpaired) electrons. The molecule has 3 aromatic carbocycles.